The fourth-order valence-electron chi connectivity index (χ4n) is 2.31. The van der Waals surface area contributed by atoms with Crippen molar-refractivity contribution in [2.45, 2.75) is 44.8 Å². The molecule has 4 nitrogen and oxygen atoms in total. The SMILES string of the molecule is CCOC1CC(Nc2cccc(OCCCC#N)c2)C1. The Labute approximate surface area is 120 Å². The Kier molecular flexibility index (Phi) is 5.69. The number of ether oxygens (including phenoxy) is 2. The van der Waals surface area contributed by atoms with Crippen molar-refractivity contribution in [1.29, 1.82) is 5.26 Å². The smallest absolute Gasteiger partial charge is 0.121 e. The van der Waals surface area contributed by atoms with Gasteiger partial charge in [-0.05, 0) is 38.3 Å². The van der Waals surface area contributed by atoms with Gasteiger partial charge in [-0.1, -0.05) is 6.07 Å². The van der Waals surface area contributed by atoms with Crippen molar-refractivity contribution in [2.24, 2.45) is 0 Å². The summed E-state index contributed by atoms with van der Waals surface area (Å²) in [5.41, 5.74) is 1.09. The second kappa shape index (κ2) is 7.76. The number of hydrogen-bond donors (Lipinski definition) is 1. The van der Waals surface area contributed by atoms with Crippen molar-refractivity contribution in [3.63, 3.8) is 0 Å². The van der Waals surface area contributed by atoms with Gasteiger partial charge in [-0.2, -0.15) is 5.26 Å². The van der Waals surface area contributed by atoms with Crippen LogP contribution in [0.2, 0.25) is 0 Å². The van der Waals surface area contributed by atoms with E-state index in [2.05, 4.69) is 17.5 Å². The molecule has 1 N–H and O–H groups in total. The number of rotatable bonds is 8. The third-order valence-electron chi connectivity index (χ3n) is 3.40. The van der Waals surface area contributed by atoms with Crippen molar-refractivity contribution in [2.75, 3.05) is 18.5 Å². The number of hydrogen-bond acceptors (Lipinski definition) is 4. The van der Waals surface area contributed by atoms with Crippen LogP contribution in [0, 0.1) is 11.3 Å². The molecule has 20 heavy (non-hydrogen) atoms. The Morgan fingerprint density at radius 2 is 2.25 bits per heavy atom. The third-order valence-corrected chi connectivity index (χ3v) is 3.40. The highest BCUT2D eigenvalue weighted by molar-refractivity contribution is 5.49. The minimum Gasteiger partial charge on any atom is -0.493 e. The molecule has 0 atom stereocenters. The number of unbranched alkanes of at least 4 members (excludes halogenated alkanes) is 1. The number of benzene rings is 1. The molecule has 0 aliphatic heterocycles. The van der Waals surface area contributed by atoms with Crippen LogP contribution in [0.4, 0.5) is 5.69 Å². The van der Waals surface area contributed by atoms with E-state index in [1.807, 2.05) is 25.1 Å². The van der Waals surface area contributed by atoms with Gasteiger partial charge in [0.25, 0.3) is 0 Å². The maximum Gasteiger partial charge on any atom is 0.121 e. The maximum absolute atomic E-state index is 8.47. The summed E-state index contributed by atoms with van der Waals surface area (Å²) in [6, 6.07) is 10.6. The molecule has 1 aromatic carbocycles. The summed E-state index contributed by atoms with van der Waals surface area (Å²) >= 11 is 0. The fraction of sp³-hybridized carbons (Fsp3) is 0.562. The van der Waals surface area contributed by atoms with E-state index in [0.717, 1.165) is 37.3 Å². The van der Waals surface area contributed by atoms with Crippen molar-refractivity contribution in [1.82, 2.24) is 0 Å². The van der Waals surface area contributed by atoms with Crippen LogP contribution in [0.15, 0.2) is 24.3 Å². The summed E-state index contributed by atoms with van der Waals surface area (Å²) in [6.07, 6.45) is 3.87. The molecule has 0 spiro atoms. The van der Waals surface area contributed by atoms with Gasteiger partial charge in [0.2, 0.25) is 0 Å². The van der Waals surface area contributed by atoms with E-state index in [-0.39, 0.29) is 0 Å². The van der Waals surface area contributed by atoms with Crippen LogP contribution in [0.3, 0.4) is 0 Å². The average Bonchev–Trinajstić information content (AvgIpc) is 2.42. The summed E-state index contributed by atoms with van der Waals surface area (Å²) in [6.45, 7) is 3.42. The number of anilines is 1. The summed E-state index contributed by atoms with van der Waals surface area (Å²) < 4.78 is 11.2. The molecule has 1 aliphatic carbocycles. The standard InChI is InChI=1S/C16H22N2O2/c1-2-19-16-11-14(12-16)18-13-6-5-7-15(10-13)20-9-4-3-8-17/h5-7,10,14,16,18H,2-4,9,11-12H2,1H3. The highest BCUT2D eigenvalue weighted by Crippen LogP contribution is 2.28. The zero-order valence-corrected chi connectivity index (χ0v) is 12.0. The monoisotopic (exact) mass is 274 g/mol. The lowest BCUT2D eigenvalue weighted by Gasteiger charge is -2.36. The van der Waals surface area contributed by atoms with E-state index in [1.165, 1.54) is 0 Å². The highest BCUT2D eigenvalue weighted by atomic mass is 16.5. The molecule has 0 saturated heterocycles. The Bertz CT molecular complexity index is 450. The zero-order chi connectivity index (χ0) is 14.2. The van der Waals surface area contributed by atoms with E-state index in [9.17, 15) is 0 Å². The van der Waals surface area contributed by atoms with Crippen LogP contribution in [0.5, 0.6) is 5.75 Å². The molecule has 0 bridgehead atoms. The van der Waals surface area contributed by atoms with Gasteiger partial charge >= 0.3 is 0 Å². The van der Waals surface area contributed by atoms with Crippen LogP contribution in [0.25, 0.3) is 0 Å². The predicted octanol–water partition coefficient (Wildman–Crippen LogP) is 3.35. The molecule has 0 unspecified atom stereocenters. The Hall–Kier alpha value is -1.73. The van der Waals surface area contributed by atoms with Gasteiger partial charge in [-0.3, -0.25) is 0 Å². The van der Waals surface area contributed by atoms with Gasteiger partial charge in [0, 0.05) is 30.8 Å². The molecule has 1 saturated carbocycles. The second-order valence-corrected chi connectivity index (χ2v) is 5.03. The van der Waals surface area contributed by atoms with Gasteiger partial charge in [0.15, 0.2) is 0 Å². The summed E-state index contributed by atoms with van der Waals surface area (Å²) in [5.74, 6) is 0.855. The second-order valence-electron chi connectivity index (χ2n) is 5.03. The molecule has 0 aromatic heterocycles. The average molecular weight is 274 g/mol. The quantitative estimate of drug-likeness (QED) is 0.739. The van der Waals surface area contributed by atoms with Gasteiger partial charge in [-0.15, -0.1) is 0 Å². The molecular formula is C16H22N2O2. The van der Waals surface area contributed by atoms with Crippen molar-refractivity contribution in [3.8, 4) is 11.8 Å². The summed E-state index contributed by atoms with van der Waals surface area (Å²) in [5, 5.41) is 12.0. The molecule has 1 aliphatic rings. The van der Waals surface area contributed by atoms with Gasteiger partial charge in [0.1, 0.15) is 5.75 Å². The molecule has 0 heterocycles. The molecular weight excluding hydrogens is 252 g/mol. The Morgan fingerprint density at radius 3 is 3.00 bits per heavy atom. The van der Waals surface area contributed by atoms with E-state index in [1.54, 1.807) is 0 Å². The maximum atomic E-state index is 8.47. The number of nitriles is 1. The van der Waals surface area contributed by atoms with Crippen molar-refractivity contribution >= 4 is 5.69 Å². The van der Waals surface area contributed by atoms with Gasteiger partial charge in [-0.25, -0.2) is 0 Å². The third kappa shape index (κ3) is 4.43. The normalized spacial score (nSPS) is 20.8. The van der Waals surface area contributed by atoms with Crippen molar-refractivity contribution in [3.05, 3.63) is 24.3 Å². The van der Waals surface area contributed by atoms with Crippen LogP contribution in [0.1, 0.15) is 32.6 Å². The Balaban J connectivity index is 1.74. The van der Waals surface area contributed by atoms with Gasteiger partial charge < -0.3 is 14.8 Å². The lowest BCUT2D eigenvalue weighted by molar-refractivity contribution is 0.00299. The summed E-state index contributed by atoms with van der Waals surface area (Å²) in [4.78, 5) is 0. The van der Waals surface area contributed by atoms with E-state index < -0.39 is 0 Å². The number of nitrogens with zero attached hydrogens (tertiary/aromatic N) is 1. The first kappa shape index (κ1) is 14.7. The first-order valence-corrected chi connectivity index (χ1v) is 7.29. The Morgan fingerprint density at radius 1 is 1.40 bits per heavy atom. The first-order valence-electron chi connectivity index (χ1n) is 7.29. The molecule has 4 heteroatoms. The molecule has 1 aromatic rings. The first-order chi connectivity index (χ1) is 9.81. The fourth-order valence-corrected chi connectivity index (χ4v) is 2.31. The van der Waals surface area contributed by atoms with Crippen LogP contribution >= 0.6 is 0 Å². The van der Waals surface area contributed by atoms with Crippen LogP contribution < -0.4 is 10.1 Å². The van der Waals surface area contributed by atoms with Gasteiger partial charge in [0.05, 0.1) is 18.8 Å². The lowest BCUT2D eigenvalue weighted by Crippen LogP contribution is -2.40. The minimum absolute atomic E-state index is 0.419. The largest absolute Gasteiger partial charge is 0.493 e. The molecule has 2 rings (SSSR count). The van der Waals surface area contributed by atoms with E-state index in [0.29, 0.717) is 25.2 Å². The summed E-state index contributed by atoms with van der Waals surface area (Å²) in [7, 11) is 0. The molecule has 108 valence electrons. The zero-order valence-electron chi connectivity index (χ0n) is 12.0. The van der Waals surface area contributed by atoms with E-state index in [4.69, 9.17) is 14.7 Å². The topological polar surface area (TPSA) is 54.3 Å². The molecule has 0 radical (unpaired) electrons. The van der Waals surface area contributed by atoms with Crippen LogP contribution in [-0.2, 0) is 4.74 Å². The van der Waals surface area contributed by atoms with E-state index >= 15 is 0 Å². The van der Waals surface area contributed by atoms with Crippen molar-refractivity contribution < 1.29 is 9.47 Å². The highest BCUT2D eigenvalue weighted by Gasteiger charge is 2.29. The number of nitrogens with one attached hydrogen (secondary N) is 1. The minimum atomic E-state index is 0.419. The lowest BCUT2D eigenvalue weighted by atomic mass is 9.89. The predicted molar refractivity (Wildman–Crippen MR) is 78.8 cm³/mol. The molecule has 1 fully saturated rings. The van der Waals surface area contributed by atoms with Crippen LogP contribution in [-0.4, -0.2) is 25.4 Å². The molecule has 0 amide bonds.